The van der Waals surface area contributed by atoms with Crippen LogP contribution in [0.5, 0.6) is 0 Å². The Kier molecular flexibility index (Phi) is 5.09. The molecule has 0 spiro atoms. The molecule has 1 aromatic carbocycles. The van der Waals surface area contributed by atoms with E-state index in [9.17, 15) is 9.90 Å². The van der Waals surface area contributed by atoms with Gasteiger partial charge >= 0.3 is 0 Å². The van der Waals surface area contributed by atoms with Crippen molar-refractivity contribution in [3.8, 4) is 0 Å². The lowest BCUT2D eigenvalue weighted by molar-refractivity contribution is 0.0588. The number of carbonyl (C=O) groups excluding carboxylic acids is 1. The van der Waals surface area contributed by atoms with E-state index < -0.39 is 18.5 Å². The number of aliphatic hydroxyl groups is 2. The summed E-state index contributed by atoms with van der Waals surface area (Å²) in [4.78, 5) is 11.7. The number of nitrogens with two attached hydrogens (primary N) is 2. The molecule has 1 unspecified atom stereocenters. The number of benzene rings is 1. The summed E-state index contributed by atoms with van der Waals surface area (Å²) < 4.78 is 0. The highest BCUT2D eigenvalue weighted by Crippen LogP contribution is 2.27. The number of Topliss-reactive ketones (excluding diaryl/α,β-unsaturated/α-hetero) is 1. The second kappa shape index (κ2) is 5.62. The Morgan fingerprint density at radius 3 is 2.35 bits per heavy atom. The number of rotatable bonds is 3. The maximum atomic E-state index is 11.7. The van der Waals surface area contributed by atoms with E-state index in [1.165, 1.54) is 0 Å². The molecule has 0 heterocycles. The lowest BCUT2D eigenvalue weighted by Crippen LogP contribution is -2.25. The Bertz CT molecular complexity index is 432. The fourth-order valence-electron chi connectivity index (χ4n) is 1.43. The summed E-state index contributed by atoms with van der Waals surface area (Å²) in [6.45, 7) is 2.97. The van der Waals surface area contributed by atoms with Crippen LogP contribution >= 0.6 is 0 Å². The molecule has 6 nitrogen and oxygen atoms in total. The zero-order valence-corrected chi connectivity index (χ0v) is 9.82. The molecule has 8 N–H and O–H groups in total. The van der Waals surface area contributed by atoms with E-state index in [2.05, 4.69) is 0 Å². The number of aliphatic hydroxyl groups excluding tert-OH is 2. The first-order chi connectivity index (χ1) is 7.40. The minimum atomic E-state index is -1.45. The highest BCUT2D eigenvalue weighted by Gasteiger charge is 2.21. The predicted molar refractivity (Wildman–Crippen MR) is 65.8 cm³/mol. The molecule has 0 bridgehead atoms. The standard InChI is InChI=1S/C11H16N2O3.H2O/c1-5-3-7(11(16)8(15)4-14)10(13)9(12)6(5)2;/h3,8,14-15H,4,12-13H2,1-2H3;1H2. The molecular formula is C11H18N2O4. The van der Waals surface area contributed by atoms with E-state index in [1.807, 2.05) is 0 Å². The second-order valence-electron chi connectivity index (χ2n) is 3.76. The van der Waals surface area contributed by atoms with Gasteiger partial charge in [-0.2, -0.15) is 0 Å². The molecule has 6 heteroatoms. The van der Waals surface area contributed by atoms with Crippen LogP contribution in [0.15, 0.2) is 6.07 Å². The molecule has 1 aromatic rings. The van der Waals surface area contributed by atoms with Gasteiger partial charge < -0.3 is 27.2 Å². The molecule has 1 rings (SSSR count). The zero-order chi connectivity index (χ0) is 12.5. The molecule has 0 radical (unpaired) electrons. The first-order valence-electron chi connectivity index (χ1n) is 4.88. The maximum absolute atomic E-state index is 11.7. The van der Waals surface area contributed by atoms with Gasteiger partial charge in [0.15, 0.2) is 5.78 Å². The van der Waals surface area contributed by atoms with E-state index >= 15 is 0 Å². The summed E-state index contributed by atoms with van der Waals surface area (Å²) in [6, 6.07) is 1.57. The van der Waals surface area contributed by atoms with Crippen molar-refractivity contribution in [1.29, 1.82) is 0 Å². The average molecular weight is 242 g/mol. The number of aryl methyl sites for hydroxylation is 1. The Hall–Kier alpha value is -1.63. The Labute approximate surface area is 99.2 Å². The van der Waals surface area contributed by atoms with Crippen molar-refractivity contribution in [3.05, 3.63) is 22.8 Å². The van der Waals surface area contributed by atoms with Gasteiger partial charge in [0, 0.05) is 5.56 Å². The molecule has 0 aliphatic heterocycles. The van der Waals surface area contributed by atoms with Gasteiger partial charge in [-0.05, 0) is 31.0 Å². The first-order valence-corrected chi connectivity index (χ1v) is 4.88. The molecule has 96 valence electrons. The van der Waals surface area contributed by atoms with Gasteiger partial charge in [0.1, 0.15) is 6.10 Å². The Morgan fingerprint density at radius 1 is 1.35 bits per heavy atom. The van der Waals surface area contributed by atoms with Crippen LogP contribution < -0.4 is 11.5 Å². The molecule has 17 heavy (non-hydrogen) atoms. The molecule has 0 fully saturated rings. The number of hydrogen-bond acceptors (Lipinski definition) is 5. The quantitative estimate of drug-likeness (QED) is 0.404. The van der Waals surface area contributed by atoms with Crippen LogP contribution in [0.4, 0.5) is 11.4 Å². The molecule has 0 aliphatic carbocycles. The van der Waals surface area contributed by atoms with Gasteiger partial charge in [0.05, 0.1) is 18.0 Å². The Morgan fingerprint density at radius 2 is 1.88 bits per heavy atom. The topological polar surface area (TPSA) is 141 Å². The number of hydrogen-bond donors (Lipinski definition) is 4. The van der Waals surface area contributed by atoms with Crippen molar-refractivity contribution in [3.63, 3.8) is 0 Å². The van der Waals surface area contributed by atoms with Crippen LogP contribution in [0.3, 0.4) is 0 Å². The number of ketones is 1. The van der Waals surface area contributed by atoms with E-state index in [-0.39, 0.29) is 16.7 Å². The van der Waals surface area contributed by atoms with Gasteiger partial charge in [-0.15, -0.1) is 0 Å². The van der Waals surface area contributed by atoms with Gasteiger partial charge in [-0.25, -0.2) is 0 Å². The van der Waals surface area contributed by atoms with Crippen LogP contribution in [0, 0.1) is 13.8 Å². The summed E-state index contributed by atoms with van der Waals surface area (Å²) >= 11 is 0. The monoisotopic (exact) mass is 242 g/mol. The lowest BCUT2D eigenvalue weighted by atomic mass is 9.97. The number of nitrogen functional groups attached to an aromatic ring is 2. The van der Waals surface area contributed by atoms with Gasteiger partial charge in [0.2, 0.25) is 0 Å². The molecule has 0 saturated heterocycles. The predicted octanol–water partition coefficient (Wildman–Crippen LogP) is -0.821. The highest BCUT2D eigenvalue weighted by molar-refractivity contribution is 6.06. The van der Waals surface area contributed by atoms with Crippen LogP contribution in [0.2, 0.25) is 0 Å². The smallest absolute Gasteiger partial charge is 0.195 e. The molecule has 0 saturated carbocycles. The normalized spacial score (nSPS) is 11.8. The van der Waals surface area contributed by atoms with Gasteiger partial charge in [-0.3, -0.25) is 4.79 Å². The number of carbonyl (C=O) groups is 1. The summed E-state index contributed by atoms with van der Waals surface area (Å²) in [5, 5.41) is 18.0. The maximum Gasteiger partial charge on any atom is 0.195 e. The van der Waals surface area contributed by atoms with Crippen molar-refractivity contribution in [1.82, 2.24) is 0 Å². The minimum absolute atomic E-state index is 0. The van der Waals surface area contributed by atoms with E-state index in [0.717, 1.165) is 11.1 Å². The van der Waals surface area contributed by atoms with Crippen molar-refractivity contribution in [2.24, 2.45) is 0 Å². The molecule has 0 aromatic heterocycles. The van der Waals surface area contributed by atoms with Gasteiger partial charge in [0.25, 0.3) is 0 Å². The van der Waals surface area contributed by atoms with Crippen molar-refractivity contribution in [2.45, 2.75) is 20.0 Å². The minimum Gasteiger partial charge on any atom is -0.412 e. The van der Waals surface area contributed by atoms with Crippen LogP contribution in [0.1, 0.15) is 21.5 Å². The van der Waals surface area contributed by atoms with Crippen LogP contribution in [-0.4, -0.2) is 34.2 Å². The van der Waals surface area contributed by atoms with E-state index in [1.54, 1.807) is 19.9 Å². The first kappa shape index (κ1) is 15.4. The molecule has 0 amide bonds. The second-order valence-corrected chi connectivity index (χ2v) is 3.76. The third-order valence-corrected chi connectivity index (χ3v) is 2.68. The largest absolute Gasteiger partial charge is 0.412 e. The van der Waals surface area contributed by atoms with Gasteiger partial charge in [-0.1, -0.05) is 0 Å². The van der Waals surface area contributed by atoms with E-state index in [0.29, 0.717) is 5.69 Å². The van der Waals surface area contributed by atoms with Crippen molar-refractivity contribution < 1.29 is 20.5 Å². The summed E-state index contributed by atoms with van der Waals surface area (Å²) in [5.74, 6) is -0.616. The SMILES string of the molecule is Cc1cc(C(=O)C(O)CO)c(N)c(N)c1C.O. The molecule has 0 aliphatic rings. The van der Waals surface area contributed by atoms with Crippen molar-refractivity contribution >= 4 is 17.2 Å². The summed E-state index contributed by atoms with van der Waals surface area (Å²) in [6.07, 6.45) is -1.45. The lowest BCUT2D eigenvalue weighted by Gasteiger charge is -2.14. The third kappa shape index (κ3) is 2.73. The highest BCUT2D eigenvalue weighted by atomic mass is 16.3. The third-order valence-electron chi connectivity index (χ3n) is 2.68. The average Bonchev–Trinajstić information content (AvgIpc) is 2.29. The zero-order valence-electron chi connectivity index (χ0n) is 9.82. The summed E-state index contributed by atoms with van der Waals surface area (Å²) in [7, 11) is 0. The fraction of sp³-hybridized carbons (Fsp3) is 0.364. The van der Waals surface area contributed by atoms with Crippen LogP contribution in [0.25, 0.3) is 0 Å². The number of anilines is 2. The fourth-order valence-corrected chi connectivity index (χ4v) is 1.43. The van der Waals surface area contributed by atoms with Crippen molar-refractivity contribution in [2.75, 3.05) is 18.1 Å². The molecular weight excluding hydrogens is 224 g/mol. The summed E-state index contributed by atoms with van der Waals surface area (Å²) in [5.41, 5.74) is 13.7. The Balaban J connectivity index is 0.00000256. The van der Waals surface area contributed by atoms with Crippen LogP contribution in [-0.2, 0) is 0 Å². The van der Waals surface area contributed by atoms with E-state index in [4.69, 9.17) is 16.6 Å². The molecule has 1 atom stereocenters.